The Kier molecular flexibility index (Phi) is 2.33. The second kappa shape index (κ2) is 3.82. The highest BCUT2D eigenvalue weighted by Gasteiger charge is 2.55. The first-order valence-corrected chi connectivity index (χ1v) is 7.16. The number of nitrogens with zero attached hydrogens (tertiary/aromatic N) is 1. The molecular weight excluding hydrogens is 246 g/mol. The second-order valence-electron chi connectivity index (χ2n) is 5.86. The molecule has 18 heavy (non-hydrogen) atoms. The molecule has 3 aliphatic heterocycles. The smallest absolute Gasteiger partial charge is 0.152 e. The van der Waals surface area contributed by atoms with Gasteiger partial charge in [-0.05, 0) is 42.9 Å². The number of hydrogen-bond acceptors (Lipinski definition) is 2. The number of halogens is 1. The van der Waals surface area contributed by atoms with Gasteiger partial charge < -0.3 is 0 Å². The van der Waals surface area contributed by atoms with Gasteiger partial charge in [0, 0.05) is 23.0 Å². The van der Waals surface area contributed by atoms with E-state index in [1.165, 1.54) is 18.4 Å². The molecule has 3 fully saturated rings. The van der Waals surface area contributed by atoms with E-state index in [9.17, 15) is 4.79 Å². The topological polar surface area (TPSA) is 20.3 Å². The zero-order valence-corrected chi connectivity index (χ0v) is 10.9. The molecule has 1 aromatic rings. The molecule has 3 heterocycles. The molecule has 0 amide bonds. The third-order valence-electron chi connectivity index (χ3n) is 5.07. The zero-order valence-electron chi connectivity index (χ0n) is 10.2. The maximum Gasteiger partial charge on any atom is 0.152 e. The molecule has 4 bridgehead atoms. The van der Waals surface area contributed by atoms with Gasteiger partial charge in [0.2, 0.25) is 0 Å². The number of benzene rings is 1. The fraction of sp³-hybridized carbons (Fsp3) is 0.533. The highest BCUT2D eigenvalue weighted by molar-refractivity contribution is 6.30. The SMILES string of the molecule is O=C1CN2C3CC[C@H]2C[C@H](c2ccc(Cl)cc2)[C@H]13. The summed E-state index contributed by atoms with van der Waals surface area (Å²) in [6.07, 6.45) is 3.64. The first-order valence-electron chi connectivity index (χ1n) is 6.78. The predicted octanol–water partition coefficient (Wildman–Crippen LogP) is 2.86. The molecule has 1 aromatic carbocycles. The molecule has 5 atom stereocenters. The molecule has 0 saturated carbocycles. The molecule has 0 aliphatic carbocycles. The number of piperidine rings is 1. The molecule has 3 heteroatoms. The van der Waals surface area contributed by atoms with Crippen molar-refractivity contribution < 1.29 is 4.79 Å². The van der Waals surface area contributed by atoms with Crippen molar-refractivity contribution in [2.45, 2.75) is 37.3 Å². The van der Waals surface area contributed by atoms with Crippen molar-refractivity contribution >= 4 is 17.4 Å². The highest BCUT2D eigenvalue weighted by Crippen LogP contribution is 2.50. The van der Waals surface area contributed by atoms with Gasteiger partial charge in [-0.1, -0.05) is 23.7 Å². The molecule has 3 aliphatic rings. The molecule has 0 aromatic heterocycles. The van der Waals surface area contributed by atoms with Crippen LogP contribution in [-0.4, -0.2) is 29.3 Å². The molecule has 2 unspecified atom stereocenters. The Bertz CT molecular complexity index is 498. The number of carbonyl (C=O) groups is 1. The van der Waals surface area contributed by atoms with Crippen molar-refractivity contribution in [3.8, 4) is 0 Å². The molecule has 94 valence electrons. The van der Waals surface area contributed by atoms with Crippen LogP contribution in [0.25, 0.3) is 0 Å². The Morgan fingerprint density at radius 2 is 1.94 bits per heavy atom. The lowest BCUT2D eigenvalue weighted by Gasteiger charge is -2.36. The normalized spacial score (nSPS) is 41.4. The molecule has 0 spiro atoms. The van der Waals surface area contributed by atoms with Crippen molar-refractivity contribution in [2.75, 3.05) is 6.54 Å². The van der Waals surface area contributed by atoms with Crippen molar-refractivity contribution in [3.63, 3.8) is 0 Å². The predicted molar refractivity (Wildman–Crippen MR) is 70.8 cm³/mol. The van der Waals surface area contributed by atoms with Crippen LogP contribution >= 0.6 is 11.6 Å². The van der Waals surface area contributed by atoms with Crippen LogP contribution in [0.5, 0.6) is 0 Å². The van der Waals surface area contributed by atoms with E-state index in [-0.39, 0.29) is 5.92 Å². The van der Waals surface area contributed by atoms with Crippen molar-refractivity contribution in [1.82, 2.24) is 4.90 Å². The Morgan fingerprint density at radius 1 is 1.17 bits per heavy atom. The highest BCUT2D eigenvalue weighted by atomic mass is 35.5. The third-order valence-corrected chi connectivity index (χ3v) is 5.33. The van der Waals surface area contributed by atoms with Gasteiger partial charge in [0.1, 0.15) is 0 Å². The monoisotopic (exact) mass is 261 g/mol. The van der Waals surface area contributed by atoms with E-state index in [0.717, 1.165) is 11.4 Å². The van der Waals surface area contributed by atoms with Crippen molar-refractivity contribution in [1.29, 1.82) is 0 Å². The fourth-order valence-electron chi connectivity index (χ4n) is 4.34. The minimum atomic E-state index is 0.241. The largest absolute Gasteiger partial charge is 0.298 e. The number of rotatable bonds is 1. The van der Waals surface area contributed by atoms with Crippen LogP contribution < -0.4 is 0 Å². The van der Waals surface area contributed by atoms with E-state index in [1.54, 1.807) is 0 Å². The van der Waals surface area contributed by atoms with Gasteiger partial charge in [-0.3, -0.25) is 9.69 Å². The van der Waals surface area contributed by atoms with Crippen molar-refractivity contribution in [3.05, 3.63) is 34.9 Å². The number of ketones is 1. The minimum absolute atomic E-state index is 0.241. The summed E-state index contributed by atoms with van der Waals surface area (Å²) in [6.45, 7) is 0.699. The third kappa shape index (κ3) is 1.42. The van der Waals surface area contributed by atoms with Gasteiger partial charge in [0.05, 0.1) is 6.54 Å². The van der Waals surface area contributed by atoms with E-state index in [4.69, 9.17) is 11.6 Å². The van der Waals surface area contributed by atoms with Crippen LogP contribution in [-0.2, 0) is 4.79 Å². The van der Waals surface area contributed by atoms with Crippen LogP contribution in [0.4, 0.5) is 0 Å². The molecule has 3 saturated heterocycles. The van der Waals surface area contributed by atoms with Crippen molar-refractivity contribution in [2.24, 2.45) is 5.92 Å². The average Bonchev–Trinajstić information content (AvgIpc) is 2.76. The quantitative estimate of drug-likeness (QED) is 0.775. The van der Waals surface area contributed by atoms with Gasteiger partial charge in [0.15, 0.2) is 5.78 Å². The van der Waals surface area contributed by atoms with Gasteiger partial charge in [-0.15, -0.1) is 0 Å². The Morgan fingerprint density at radius 3 is 2.72 bits per heavy atom. The summed E-state index contributed by atoms with van der Waals surface area (Å²) in [7, 11) is 0. The van der Waals surface area contributed by atoms with Gasteiger partial charge in [-0.2, -0.15) is 0 Å². The maximum atomic E-state index is 12.2. The number of Topliss-reactive ketones (excluding diaryl/α,β-unsaturated/α-hetero) is 1. The van der Waals surface area contributed by atoms with Gasteiger partial charge >= 0.3 is 0 Å². The van der Waals surface area contributed by atoms with E-state index < -0.39 is 0 Å². The molecular formula is C15H16ClNO. The summed E-state index contributed by atoms with van der Waals surface area (Å²) in [4.78, 5) is 14.7. The lowest BCUT2D eigenvalue weighted by molar-refractivity contribution is -0.120. The first-order chi connectivity index (χ1) is 8.74. The van der Waals surface area contributed by atoms with Gasteiger partial charge in [-0.25, -0.2) is 0 Å². The van der Waals surface area contributed by atoms with Crippen LogP contribution in [0.2, 0.25) is 5.02 Å². The Labute approximate surface area is 112 Å². The standard InChI is InChI=1S/C15H16ClNO/c16-10-3-1-9(2-4-10)12-7-11-5-6-13-15(12)14(18)8-17(11)13/h1-4,11-13,15H,5-8H2/t11-,12+,13?,15-/m0/s1. The second-order valence-corrected chi connectivity index (χ2v) is 6.29. The summed E-state index contributed by atoms with van der Waals surface area (Å²) in [5.41, 5.74) is 1.30. The first kappa shape index (κ1) is 11.0. The lowest BCUT2D eigenvalue weighted by Crippen LogP contribution is -2.40. The summed E-state index contributed by atoms with van der Waals surface area (Å²) in [5.74, 6) is 1.12. The minimum Gasteiger partial charge on any atom is -0.298 e. The summed E-state index contributed by atoms with van der Waals surface area (Å²) >= 11 is 5.95. The molecule has 4 rings (SSSR count). The van der Waals surface area contributed by atoms with E-state index in [1.807, 2.05) is 12.1 Å². The summed E-state index contributed by atoms with van der Waals surface area (Å²) in [5, 5.41) is 0.775. The number of carbonyl (C=O) groups excluding carboxylic acids is 1. The summed E-state index contributed by atoms with van der Waals surface area (Å²) in [6, 6.07) is 9.27. The van der Waals surface area contributed by atoms with E-state index in [2.05, 4.69) is 17.0 Å². The lowest BCUT2D eigenvalue weighted by atomic mass is 9.77. The summed E-state index contributed by atoms with van der Waals surface area (Å²) < 4.78 is 0. The fourth-order valence-corrected chi connectivity index (χ4v) is 4.46. The van der Waals surface area contributed by atoms with E-state index in [0.29, 0.717) is 30.3 Å². The zero-order chi connectivity index (χ0) is 12.3. The molecule has 0 N–H and O–H groups in total. The number of hydrogen-bond donors (Lipinski definition) is 0. The van der Waals surface area contributed by atoms with Crippen LogP contribution in [0.1, 0.15) is 30.7 Å². The van der Waals surface area contributed by atoms with E-state index >= 15 is 0 Å². The maximum absolute atomic E-state index is 12.2. The Balaban J connectivity index is 1.73. The molecule has 2 nitrogen and oxygen atoms in total. The van der Waals surface area contributed by atoms with Crippen LogP contribution in [0.3, 0.4) is 0 Å². The Hall–Kier alpha value is -0.860. The average molecular weight is 262 g/mol. The van der Waals surface area contributed by atoms with Crippen LogP contribution in [0, 0.1) is 5.92 Å². The van der Waals surface area contributed by atoms with Crippen LogP contribution in [0.15, 0.2) is 24.3 Å². The molecule has 0 radical (unpaired) electrons. The van der Waals surface area contributed by atoms with Gasteiger partial charge in [0.25, 0.3) is 0 Å².